The van der Waals surface area contributed by atoms with E-state index < -0.39 is 0 Å². The maximum Gasteiger partial charge on any atom is 0.244 e. The molecule has 0 aliphatic heterocycles. The zero-order valence-corrected chi connectivity index (χ0v) is 16.2. The first-order valence-corrected chi connectivity index (χ1v) is 9.40. The number of nitrogens with one attached hydrogen (secondary N) is 2. The van der Waals surface area contributed by atoms with E-state index >= 15 is 0 Å². The second-order valence-electron chi connectivity index (χ2n) is 7.04. The minimum atomic E-state index is -0.107. The zero-order valence-electron chi connectivity index (χ0n) is 16.2. The first-order valence-electron chi connectivity index (χ1n) is 9.40. The maximum absolute atomic E-state index is 12.2. The van der Waals surface area contributed by atoms with Crippen LogP contribution >= 0.6 is 0 Å². The van der Waals surface area contributed by atoms with Gasteiger partial charge in [0.05, 0.1) is 14.1 Å². The number of aryl methyl sites for hydroxylation is 1. The van der Waals surface area contributed by atoms with Gasteiger partial charge >= 0.3 is 0 Å². The number of carbonyl (C=O) groups excluding carboxylic acids is 1. The Bertz CT molecular complexity index is 937. The molecule has 2 N–H and O–H groups in total. The van der Waals surface area contributed by atoms with E-state index in [-0.39, 0.29) is 5.91 Å². The monoisotopic (exact) mass is 363 g/mol. The van der Waals surface area contributed by atoms with Crippen molar-refractivity contribution in [2.24, 2.45) is 0 Å². The van der Waals surface area contributed by atoms with Crippen LogP contribution < -0.4 is 10.2 Å². The summed E-state index contributed by atoms with van der Waals surface area (Å²) >= 11 is 0. The van der Waals surface area contributed by atoms with Gasteiger partial charge in [-0.1, -0.05) is 49.4 Å². The van der Waals surface area contributed by atoms with Crippen molar-refractivity contribution in [3.05, 3.63) is 77.1 Å². The van der Waals surface area contributed by atoms with E-state index in [9.17, 15) is 4.79 Å². The van der Waals surface area contributed by atoms with E-state index in [0.29, 0.717) is 6.54 Å². The first-order chi connectivity index (χ1) is 13.1. The third-order valence-electron chi connectivity index (χ3n) is 4.48. The SMILES string of the molecule is CCc1oc2ccccc2c1/C=C/C(=O)NCc1ccc(C[NH+](C)C)cc1. The summed E-state index contributed by atoms with van der Waals surface area (Å²) in [6.07, 6.45) is 4.22. The molecule has 0 atom stereocenters. The van der Waals surface area contributed by atoms with E-state index in [1.807, 2.05) is 30.3 Å². The molecule has 0 saturated heterocycles. The molecule has 2 aromatic carbocycles. The van der Waals surface area contributed by atoms with Crippen molar-refractivity contribution < 1.29 is 14.1 Å². The highest BCUT2D eigenvalue weighted by atomic mass is 16.3. The van der Waals surface area contributed by atoms with E-state index in [0.717, 1.165) is 40.8 Å². The Labute approximate surface area is 160 Å². The molecule has 0 radical (unpaired) electrons. The summed E-state index contributed by atoms with van der Waals surface area (Å²) in [5.41, 5.74) is 4.23. The highest BCUT2D eigenvalue weighted by molar-refractivity contribution is 5.96. The zero-order chi connectivity index (χ0) is 19.2. The molecule has 0 saturated carbocycles. The van der Waals surface area contributed by atoms with E-state index in [4.69, 9.17) is 4.42 Å². The summed E-state index contributed by atoms with van der Waals surface area (Å²) in [4.78, 5) is 13.6. The fourth-order valence-electron chi connectivity index (χ4n) is 3.15. The van der Waals surface area contributed by atoms with Crippen molar-refractivity contribution in [3.8, 4) is 0 Å². The number of carbonyl (C=O) groups is 1. The molecule has 1 amide bonds. The highest BCUT2D eigenvalue weighted by Gasteiger charge is 2.10. The smallest absolute Gasteiger partial charge is 0.244 e. The second kappa shape index (κ2) is 8.69. The Morgan fingerprint density at radius 3 is 2.48 bits per heavy atom. The highest BCUT2D eigenvalue weighted by Crippen LogP contribution is 2.27. The van der Waals surface area contributed by atoms with Gasteiger partial charge in [-0.25, -0.2) is 0 Å². The average molecular weight is 363 g/mol. The summed E-state index contributed by atoms with van der Waals surface area (Å²) in [5.74, 6) is 0.794. The summed E-state index contributed by atoms with van der Waals surface area (Å²) in [5, 5.41) is 3.98. The molecule has 0 spiro atoms. The lowest BCUT2D eigenvalue weighted by atomic mass is 10.1. The largest absolute Gasteiger partial charge is 0.460 e. The van der Waals surface area contributed by atoms with Gasteiger partial charge in [0.1, 0.15) is 17.9 Å². The second-order valence-corrected chi connectivity index (χ2v) is 7.04. The number of furan rings is 1. The van der Waals surface area contributed by atoms with Gasteiger partial charge in [-0.2, -0.15) is 0 Å². The van der Waals surface area contributed by atoms with Crippen molar-refractivity contribution in [1.29, 1.82) is 0 Å². The topological polar surface area (TPSA) is 46.7 Å². The predicted molar refractivity (Wildman–Crippen MR) is 109 cm³/mol. The molecule has 4 heteroatoms. The van der Waals surface area contributed by atoms with Crippen molar-refractivity contribution >= 4 is 23.0 Å². The number of benzene rings is 2. The Morgan fingerprint density at radius 2 is 1.78 bits per heavy atom. The van der Waals surface area contributed by atoms with Gasteiger partial charge in [0.15, 0.2) is 0 Å². The minimum absolute atomic E-state index is 0.107. The molecule has 3 rings (SSSR count). The molecule has 0 fully saturated rings. The fraction of sp³-hybridized carbons (Fsp3) is 0.261. The van der Waals surface area contributed by atoms with Crippen LogP contribution in [0, 0.1) is 0 Å². The van der Waals surface area contributed by atoms with Crippen molar-refractivity contribution in [2.75, 3.05) is 14.1 Å². The molecular formula is C23H27N2O2+. The Morgan fingerprint density at radius 1 is 1.07 bits per heavy atom. The Kier molecular flexibility index (Phi) is 6.09. The molecule has 4 nitrogen and oxygen atoms in total. The molecular weight excluding hydrogens is 336 g/mol. The third-order valence-corrected chi connectivity index (χ3v) is 4.48. The van der Waals surface area contributed by atoms with Gasteiger partial charge in [0.25, 0.3) is 0 Å². The minimum Gasteiger partial charge on any atom is -0.460 e. The van der Waals surface area contributed by atoms with Gasteiger partial charge in [0.2, 0.25) is 5.91 Å². The van der Waals surface area contributed by atoms with E-state index in [1.54, 1.807) is 6.08 Å². The van der Waals surface area contributed by atoms with Crippen LogP contribution in [-0.2, 0) is 24.3 Å². The quantitative estimate of drug-likeness (QED) is 0.634. The molecule has 0 unspecified atom stereocenters. The number of quaternary nitrogens is 1. The summed E-state index contributed by atoms with van der Waals surface area (Å²) in [7, 11) is 4.27. The van der Waals surface area contributed by atoms with Crippen LogP contribution in [0.1, 0.15) is 29.4 Å². The lowest BCUT2D eigenvalue weighted by Crippen LogP contribution is -3.04. The predicted octanol–water partition coefficient (Wildman–Crippen LogP) is 2.97. The molecule has 0 aliphatic rings. The number of hydrogen-bond donors (Lipinski definition) is 2. The van der Waals surface area contributed by atoms with Crippen LogP contribution in [0.5, 0.6) is 0 Å². The van der Waals surface area contributed by atoms with Crippen molar-refractivity contribution in [2.45, 2.75) is 26.4 Å². The molecule has 3 aromatic rings. The molecule has 0 aliphatic carbocycles. The molecule has 140 valence electrons. The summed E-state index contributed by atoms with van der Waals surface area (Å²) < 4.78 is 5.86. The first kappa shape index (κ1) is 18.9. The number of hydrogen-bond acceptors (Lipinski definition) is 2. The third kappa shape index (κ3) is 4.86. The van der Waals surface area contributed by atoms with Crippen LogP contribution in [0.3, 0.4) is 0 Å². The van der Waals surface area contributed by atoms with Gasteiger partial charge < -0.3 is 14.6 Å². The molecule has 27 heavy (non-hydrogen) atoms. The van der Waals surface area contributed by atoms with E-state index in [2.05, 4.69) is 50.6 Å². The summed E-state index contributed by atoms with van der Waals surface area (Å²) in [6, 6.07) is 16.3. The van der Waals surface area contributed by atoms with Crippen molar-refractivity contribution in [1.82, 2.24) is 5.32 Å². The number of rotatable bonds is 7. The standard InChI is InChI=1S/C23H26N2O2/c1-4-21-20(19-7-5-6-8-22(19)27-21)13-14-23(26)24-15-17-9-11-18(12-10-17)16-25(2)3/h5-14H,4,15-16H2,1-3H3,(H,24,26)/p+1/b14-13+. The van der Waals surface area contributed by atoms with Gasteiger partial charge in [-0.05, 0) is 17.7 Å². The average Bonchev–Trinajstić information content (AvgIpc) is 3.03. The van der Waals surface area contributed by atoms with Crippen molar-refractivity contribution in [3.63, 3.8) is 0 Å². The number of amides is 1. The maximum atomic E-state index is 12.2. The van der Waals surface area contributed by atoms with Crippen LogP contribution in [0.2, 0.25) is 0 Å². The molecule has 1 aromatic heterocycles. The van der Waals surface area contributed by atoms with Crippen LogP contribution in [0.25, 0.3) is 17.0 Å². The number of fused-ring (bicyclic) bond motifs is 1. The Balaban J connectivity index is 1.63. The van der Waals surface area contributed by atoms with Crippen LogP contribution in [-0.4, -0.2) is 20.0 Å². The van der Waals surface area contributed by atoms with Crippen LogP contribution in [0.15, 0.2) is 59.0 Å². The Hall–Kier alpha value is -2.85. The normalized spacial score (nSPS) is 11.6. The van der Waals surface area contributed by atoms with E-state index in [1.165, 1.54) is 10.5 Å². The molecule has 0 bridgehead atoms. The van der Waals surface area contributed by atoms with Gasteiger partial charge in [0, 0.05) is 35.6 Å². The van der Waals surface area contributed by atoms with Gasteiger partial charge in [-0.15, -0.1) is 0 Å². The van der Waals surface area contributed by atoms with Crippen LogP contribution in [0.4, 0.5) is 0 Å². The fourth-order valence-corrected chi connectivity index (χ4v) is 3.15. The number of para-hydroxylation sites is 1. The summed E-state index contributed by atoms with van der Waals surface area (Å²) in [6.45, 7) is 3.56. The molecule has 1 heterocycles. The lowest BCUT2D eigenvalue weighted by Gasteiger charge is -2.08. The lowest BCUT2D eigenvalue weighted by molar-refractivity contribution is -0.872. The van der Waals surface area contributed by atoms with Gasteiger partial charge in [-0.3, -0.25) is 4.79 Å².